The van der Waals surface area contributed by atoms with E-state index in [-0.39, 0.29) is 12.5 Å². The number of hydrogen-bond donors (Lipinski definition) is 0. The Labute approximate surface area is 187 Å². The third kappa shape index (κ3) is 4.38. The summed E-state index contributed by atoms with van der Waals surface area (Å²) in [7, 11) is 0. The molecule has 0 saturated heterocycles. The zero-order valence-electron chi connectivity index (χ0n) is 18.1. The van der Waals surface area contributed by atoms with Gasteiger partial charge in [0.2, 0.25) is 5.91 Å². The van der Waals surface area contributed by atoms with E-state index in [1.54, 1.807) is 4.68 Å². The summed E-state index contributed by atoms with van der Waals surface area (Å²) in [6.45, 7) is 8.92. The van der Waals surface area contributed by atoms with Gasteiger partial charge in [0.25, 0.3) is 0 Å². The number of carbonyl (C=O) groups excluding carboxylic acids is 1. The molecule has 162 valence electrons. The number of amides is 1. The summed E-state index contributed by atoms with van der Waals surface area (Å²) in [6.07, 6.45) is 1.13. The van der Waals surface area contributed by atoms with Crippen LogP contribution in [0.5, 0.6) is 5.75 Å². The second kappa shape index (κ2) is 8.48. The minimum atomic E-state index is 0.0778. The molecular weight excluding hydrogens is 408 g/mol. The lowest BCUT2D eigenvalue weighted by Gasteiger charge is -2.27. The molecule has 1 amide bonds. The monoisotopic (exact) mass is 436 g/mol. The van der Waals surface area contributed by atoms with E-state index in [4.69, 9.17) is 4.74 Å². The fraction of sp³-hybridized carbons (Fsp3) is 0.417. The Morgan fingerprint density at radius 2 is 2.03 bits per heavy atom. The molecule has 4 heterocycles. The number of aromatic nitrogens is 2. The van der Waals surface area contributed by atoms with Crippen molar-refractivity contribution in [3.8, 4) is 5.75 Å². The van der Waals surface area contributed by atoms with E-state index < -0.39 is 0 Å². The molecule has 0 spiro atoms. The van der Waals surface area contributed by atoms with Crippen molar-refractivity contribution in [1.82, 2.24) is 19.6 Å². The van der Waals surface area contributed by atoms with E-state index in [0.29, 0.717) is 19.7 Å². The van der Waals surface area contributed by atoms with E-state index in [2.05, 4.69) is 39.6 Å². The second-order valence-electron chi connectivity index (χ2n) is 8.52. The summed E-state index contributed by atoms with van der Waals surface area (Å²) in [6, 6.07) is 10.7. The van der Waals surface area contributed by atoms with Crippen molar-refractivity contribution < 1.29 is 9.53 Å². The van der Waals surface area contributed by atoms with Crippen LogP contribution in [-0.4, -0.2) is 45.2 Å². The molecule has 6 nitrogen and oxygen atoms in total. The molecule has 7 heteroatoms. The van der Waals surface area contributed by atoms with Crippen LogP contribution in [0.2, 0.25) is 0 Å². The summed E-state index contributed by atoms with van der Waals surface area (Å²) < 4.78 is 7.75. The van der Waals surface area contributed by atoms with Crippen LogP contribution in [-0.2, 0) is 37.4 Å². The predicted molar refractivity (Wildman–Crippen MR) is 121 cm³/mol. The molecule has 2 aromatic heterocycles. The normalized spacial score (nSPS) is 16.4. The number of aryl methyl sites for hydroxylation is 2. The van der Waals surface area contributed by atoms with E-state index in [1.165, 1.54) is 16.0 Å². The fourth-order valence-corrected chi connectivity index (χ4v) is 5.41. The fourth-order valence-electron chi connectivity index (χ4n) is 4.52. The van der Waals surface area contributed by atoms with Gasteiger partial charge in [-0.2, -0.15) is 5.10 Å². The first-order valence-corrected chi connectivity index (χ1v) is 11.7. The van der Waals surface area contributed by atoms with Crippen LogP contribution < -0.4 is 4.74 Å². The van der Waals surface area contributed by atoms with E-state index in [1.807, 2.05) is 36.2 Å². The lowest BCUT2D eigenvalue weighted by molar-refractivity contribution is -0.132. The van der Waals surface area contributed by atoms with Crippen LogP contribution >= 0.6 is 11.3 Å². The third-order valence-electron chi connectivity index (χ3n) is 6.14. The summed E-state index contributed by atoms with van der Waals surface area (Å²) in [5.74, 6) is 0.970. The van der Waals surface area contributed by atoms with E-state index in [9.17, 15) is 4.79 Å². The highest BCUT2D eigenvalue weighted by Crippen LogP contribution is 2.28. The van der Waals surface area contributed by atoms with Crippen molar-refractivity contribution >= 4 is 17.2 Å². The lowest BCUT2D eigenvalue weighted by atomic mass is 10.1. The van der Waals surface area contributed by atoms with Crippen molar-refractivity contribution in [2.24, 2.45) is 0 Å². The number of hydrogen-bond acceptors (Lipinski definition) is 5. The van der Waals surface area contributed by atoms with Crippen molar-refractivity contribution in [1.29, 1.82) is 0 Å². The van der Waals surface area contributed by atoms with Gasteiger partial charge < -0.3 is 9.64 Å². The Bertz CT molecular complexity index is 1100. The van der Waals surface area contributed by atoms with Gasteiger partial charge in [0, 0.05) is 42.3 Å². The number of thiophene rings is 1. The van der Waals surface area contributed by atoms with Gasteiger partial charge in [-0.15, -0.1) is 11.3 Å². The molecule has 2 aliphatic rings. The van der Waals surface area contributed by atoms with E-state index >= 15 is 0 Å². The topological polar surface area (TPSA) is 50.6 Å². The van der Waals surface area contributed by atoms with Gasteiger partial charge in [0.1, 0.15) is 18.9 Å². The van der Waals surface area contributed by atoms with Crippen LogP contribution in [0, 0.1) is 13.8 Å². The molecule has 3 aromatic rings. The maximum absolute atomic E-state index is 13.0. The molecule has 0 unspecified atom stereocenters. The number of ether oxygens (including phenoxy) is 1. The average molecular weight is 437 g/mol. The molecule has 0 atom stereocenters. The van der Waals surface area contributed by atoms with Crippen LogP contribution in [0.25, 0.3) is 0 Å². The average Bonchev–Trinajstić information content (AvgIpc) is 3.26. The van der Waals surface area contributed by atoms with E-state index in [0.717, 1.165) is 48.8 Å². The van der Waals surface area contributed by atoms with Gasteiger partial charge in [0.05, 0.1) is 12.2 Å². The van der Waals surface area contributed by atoms with Crippen LogP contribution in [0.4, 0.5) is 0 Å². The quantitative estimate of drug-likeness (QED) is 0.628. The zero-order valence-corrected chi connectivity index (χ0v) is 19.0. The number of carbonyl (C=O) groups is 1. The van der Waals surface area contributed by atoms with Crippen molar-refractivity contribution in [3.05, 3.63) is 68.7 Å². The number of fused-ring (bicyclic) bond motifs is 2. The highest BCUT2D eigenvalue weighted by atomic mass is 32.1. The van der Waals surface area contributed by atoms with Gasteiger partial charge >= 0.3 is 0 Å². The molecule has 0 bridgehead atoms. The van der Waals surface area contributed by atoms with Crippen LogP contribution in [0.1, 0.15) is 33.0 Å². The Balaban J connectivity index is 1.28. The molecule has 0 aliphatic carbocycles. The summed E-state index contributed by atoms with van der Waals surface area (Å²) in [5, 5.41) is 6.64. The molecule has 0 N–H and O–H groups in total. The lowest BCUT2D eigenvalue weighted by Crippen LogP contribution is -2.35. The summed E-state index contributed by atoms with van der Waals surface area (Å²) >= 11 is 1.87. The first-order chi connectivity index (χ1) is 15.0. The number of nitrogens with zero attached hydrogens (tertiary/aromatic N) is 4. The standard InChI is InChI=1S/C24H28N4O2S/c1-17-11-18(2)28(25-17)16-24(29)27-8-9-30-22-4-3-19(12-21(22)15-27)13-26-7-5-23-20(14-26)6-10-31-23/h3-4,6,10-12H,5,7-9,13-16H2,1-2H3. The van der Waals surface area contributed by atoms with Crippen molar-refractivity contribution in [2.45, 2.75) is 46.4 Å². The minimum absolute atomic E-state index is 0.0778. The molecular formula is C24H28N4O2S. The molecule has 31 heavy (non-hydrogen) atoms. The second-order valence-corrected chi connectivity index (χ2v) is 9.52. The molecule has 2 aliphatic heterocycles. The SMILES string of the molecule is Cc1cc(C)n(CC(=O)N2CCOc3ccc(CN4CCc5sccc5C4)cc3C2)n1. The highest BCUT2D eigenvalue weighted by molar-refractivity contribution is 7.10. The largest absolute Gasteiger partial charge is 0.491 e. The predicted octanol–water partition coefficient (Wildman–Crippen LogP) is 3.54. The molecule has 0 fully saturated rings. The van der Waals surface area contributed by atoms with Gasteiger partial charge in [-0.1, -0.05) is 6.07 Å². The smallest absolute Gasteiger partial charge is 0.244 e. The van der Waals surface area contributed by atoms with Gasteiger partial charge in [-0.3, -0.25) is 14.4 Å². The number of rotatable bonds is 4. The Morgan fingerprint density at radius 3 is 2.87 bits per heavy atom. The maximum atomic E-state index is 13.0. The number of benzene rings is 1. The molecule has 1 aromatic carbocycles. The first kappa shape index (κ1) is 20.3. The van der Waals surface area contributed by atoms with Crippen molar-refractivity contribution in [2.75, 3.05) is 19.7 Å². The Morgan fingerprint density at radius 1 is 1.13 bits per heavy atom. The minimum Gasteiger partial charge on any atom is -0.491 e. The Hall–Kier alpha value is -2.64. The molecule has 0 radical (unpaired) electrons. The highest BCUT2D eigenvalue weighted by Gasteiger charge is 2.22. The van der Waals surface area contributed by atoms with Gasteiger partial charge in [-0.25, -0.2) is 0 Å². The van der Waals surface area contributed by atoms with Gasteiger partial charge in [0.15, 0.2) is 0 Å². The molecule has 0 saturated carbocycles. The third-order valence-corrected chi connectivity index (χ3v) is 7.16. The van der Waals surface area contributed by atoms with Crippen LogP contribution in [0.15, 0.2) is 35.7 Å². The summed E-state index contributed by atoms with van der Waals surface area (Å²) in [4.78, 5) is 18.9. The molecule has 5 rings (SSSR count). The van der Waals surface area contributed by atoms with Gasteiger partial charge in [-0.05, 0) is 61.0 Å². The van der Waals surface area contributed by atoms with Crippen molar-refractivity contribution in [3.63, 3.8) is 0 Å². The maximum Gasteiger partial charge on any atom is 0.244 e. The first-order valence-electron chi connectivity index (χ1n) is 10.9. The van der Waals surface area contributed by atoms with Crippen LogP contribution in [0.3, 0.4) is 0 Å². The summed E-state index contributed by atoms with van der Waals surface area (Å²) in [5.41, 5.74) is 5.77. The zero-order chi connectivity index (χ0) is 21.4. The Kier molecular flexibility index (Phi) is 5.54.